The molecule has 0 spiro atoms. The Bertz CT molecular complexity index is 433. The van der Waals surface area contributed by atoms with Gasteiger partial charge in [0.1, 0.15) is 18.0 Å². The standard InChI is InChI=1S/C17H29NO6/c1-17(2,3)24-16(21)18(4)10-12-23-15(20)9-11-22-14-7-5-13(19)6-8-14/h14H,5-12H2,1-4H3. The van der Waals surface area contributed by atoms with Crippen LogP contribution in [0.1, 0.15) is 52.9 Å². The van der Waals surface area contributed by atoms with Gasteiger partial charge in [-0.3, -0.25) is 9.59 Å². The van der Waals surface area contributed by atoms with Gasteiger partial charge >= 0.3 is 12.1 Å². The molecule has 7 nitrogen and oxygen atoms in total. The SMILES string of the molecule is CN(CCOC(=O)CCOC1CCC(=O)CC1)C(=O)OC(C)(C)C. The zero-order valence-electron chi connectivity index (χ0n) is 15.1. The third-order valence-corrected chi connectivity index (χ3v) is 3.54. The largest absolute Gasteiger partial charge is 0.464 e. The fraction of sp³-hybridized carbons (Fsp3) is 0.824. The Morgan fingerprint density at radius 2 is 1.79 bits per heavy atom. The maximum Gasteiger partial charge on any atom is 0.410 e. The smallest absolute Gasteiger partial charge is 0.410 e. The van der Waals surface area contributed by atoms with Gasteiger partial charge in [-0.1, -0.05) is 0 Å². The van der Waals surface area contributed by atoms with Crippen molar-refractivity contribution in [3.05, 3.63) is 0 Å². The summed E-state index contributed by atoms with van der Waals surface area (Å²) in [6.07, 6.45) is 2.37. The quantitative estimate of drug-likeness (QED) is 0.660. The summed E-state index contributed by atoms with van der Waals surface area (Å²) in [6.45, 7) is 6.06. The zero-order chi connectivity index (χ0) is 18.2. The summed E-state index contributed by atoms with van der Waals surface area (Å²) in [5.74, 6) is -0.0807. The molecule has 0 heterocycles. The van der Waals surface area contributed by atoms with Crippen LogP contribution in [0.4, 0.5) is 4.79 Å². The zero-order valence-corrected chi connectivity index (χ0v) is 15.1. The van der Waals surface area contributed by atoms with Crippen molar-refractivity contribution in [3.63, 3.8) is 0 Å². The predicted octanol–water partition coefficient (Wildman–Crippen LogP) is 2.31. The molecule has 1 rings (SSSR count). The van der Waals surface area contributed by atoms with E-state index in [0.29, 0.717) is 19.4 Å². The second kappa shape index (κ2) is 9.61. The molecular weight excluding hydrogens is 314 g/mol. The molecule has 1 aliphatic carbocycles. The first-order valence-corrected chi connectivity index (χ1v) is 8.40. The van der Waals surface area contributed by atoms with Crippen LogP contribution < -0.4 is 0 Å². The van der Waals surface area contributed by atoms with Crippen LogP contribution in [-0.2, 0) is 23.8 Å². The number of carbonyl (C=O) groups excluding carboxylic acids is 3. The van der Waals surface area contributed by atoms with Gasteiger partial charge in [-0.15, -0.1) is 0 Å². The number of amides is 1. The van der Waals surface area contributed by atoms with Crippen molar-refractivity contribution in [1.82, 2.24) is 4.90 Å². The van der Waals surface area contributed by atoms with Crippen LogP contribution in [-0.4, -0.2) is 61.3 Å². The molecule has 1 aliphatic rings. The van der Waals surface area contributed by atoms with Crippen molar-refractivity contribution in [1.29, 1.82) is 0 Å². The molecule has 0 atom stereocenters. The van der Waals surface area contributed by atoms with Gasteiger partial charge < -0.3 is 19.1 Å². The van der Waals surface area contributed by atoms with E-state index in [-0.39, 0.29) is 37.4 Å². The second-order valence-electron chi connectivity index (χ2n) is 6.98. The van der Waals surface area contributed by atoms with Gasteiger partial charge in [-0.2, -0.15) is 0 Å². The number of ketones is 1. The highest BCUT2D eigenvalue weighted by Gasteiger charge is 2.20. The maximum atomic E-state index is 11.7. The van der Waals surface area contributed by atoms with E-state index in [2.05, 4.69) is 0 Å². The number of likely N-dealkylation sites (N-methyl/N-ethyl adjacent to an activating group) is 1. The minimum atomic E-state index is -0.552. The molecule has 0 saturated heterocycles. The summed E-state index contributed by atoms with van der Waals surface area (Å²) < 4.78 is 15.9. The lowest BCUT2D eigenvalue weighted by molar-refractivity contribution is -0.146. The minimum absolute atomic E-state index is 0.0637. The lowest BCUT2D eigenvalue weighted by atomic mass is 9.96. The molecule has 24 heavy (non-hydrogen) atoms. The van der Waals surface area contributed by atoms with E-state index in [1.54, 1.807) is 27.8 Å². The van der Waals surface area contributed by atoms with Gasteiger partial charge in [-0.25, -0.2) is 4.79 Å². The molecule has 1 saturated carbocycles. The van der Waals surface area contributed by atoms with Crippen LogP contribution in [0.15, 0.2) is 0 Å². The number of hydrogen-bond donors (Lipinski definition) is 0. The molecule has 0 aromatic rings. The van der Waals surface area contributed by atoms with Crippen LogP contribution >= 0.6 is 0 Å². The average molecular weight is 343 g/mol. The molecule has 138 valence electrons. The molecule has 0 radical (unpaired) electrons. The van der Waals surface area contributed by atoms with Crippen LogP contribution in [0.5, 0.6) is 0 Å². The third-order valence-electron chi connectivity index (χ3n) is 3.54. The van der Waals surface area contributed by atoms with Crippen LogP contribution in [0.2, 0.25) is 0 Å². The summed E-state index contributed by atoms with van der Waals surface area (Å²) in [7, 11) is 1.59. The molecule has 0 unspecified atom stereocenters. The van der Waals surface area contributed by atoms with Crippen LogP contribution in [0.25, 0.3) is 0 Å². The Morgan fingerprint density at radius 3 is 2.38 bits per heavy atom. The van der Waals surface area contributed by atoms with Gasteiger partial charge in [-0.05, 0) is 33.6 Å². The summed E-state index contributed by atoms with van der Waals surface area (Å²) in [5.41, 5.74) is -0.552. The number of esters is 1. The van der Waals surface area contributed by atoms with E-state index >= 15 is 0 Å². The Morgan fingerprint density at radius 1 is 1.17 bits per heavy atom. The van der Waals surface area contributed by atoms with E-state index < -0.39 is 11.7 Å². The molecule has 0 aromatic heterocycles. The van der Waals surface area contributed by atoms with E-state index in [1.165, 1.54) is 4.90 Å². The molecule has 1 fully saturated rings. The van der Waals surface area contributed by atoms with Crippen molar-refractivity contribution in [2.24, 2.45) is 0 Å². The first kappa shape index (κ1) is 20.4. The normalized spacial score (nSPS) is 15.9. The Hall–Kier alpha value is -1.63. The van der Waals surface area contributed by atoms with E-state index in [0.717, 1.165) is 12.8 Å². The summed E-state index contributed by atoms with van der Waals surface area (Å²) in [4.78, 5) is 35.8. The molecule has 0 aliphatic heterocycles. The van der Waals surface area contributed by atoms with Crippen molar-refractivity contribution in [3.8, 4) is 0 Å². The molecule has 0 bridgehead atoms. The van der Waals surface area contributed by atoms with Gasteiger partial charge in [0.05, 0.1) is 25.7 Å². The third kappa shape index (κ3) is 8.86. The minimum Gasteiger partial charge on any atom is -0.464 e. The molecular formula is C17H29NO6. The lowest BCUT2D eigenvalue weighted by Gasteiger charge is -2.24. The van der Waals surface area contributed by atoms with Crippen molar-refractivity contribution >= 4 is 17.8 Å². The topological polar surface area (TPSA) is 82.1 Å². The Labute approximate surface area is 143 Å². The summed E-state index contributed by atoms with van der Waals surface area (Å²) in [5, 5.41) is 0. The van der Waals surface area contributed by atoms with Crippen molar-refractivity contribution < 1.29 is 28.6 Å². The number of ether oxygens (including phenoxy) is 3. The number of Topliss-reactive ketones (excluding diaryl/α,β-unsaturated/α-hetero) is 1. The first-order valence-electron chi connectivity index (χ1n) is 8.40. The fourth-order valence-electron chi connectivity index (χ4n) is 2.19. The molecule has 0 N–H and O–H groups in total. The van der Waals surface area contributed by atoms with E-state index in [1.807, 2.05) is 0 Å². The fourth-order valence-corrected chi connectivity index (χ4v) is 2.19. The molecule has 7 heteroatoms. The van der Waals surface area contributed by atoms with Gasteiger partial charge in [0.25, 0.3) is 0 Å². The number of hydrogen-bond acceptors (Lipinski definition) is 6. The van der Waals surface area contributed by atoms with Gasteiger partial charge in [0.2, 0.25) is 0 Å². The van der Waals surface area contributed by atoms with E-state index in [9.17, 15) is 14.4 Å². The van der Waals surface area contributed by atoms with Crippen LogP contribution in [0.3, 0.4) is 0 Å². The molecule has 1 amide bonds. The summed E-state index contributed by atoms with van der Waals surface area (Å²) >= 11 is 0. The first-order chi connectivity index (χ1) is 11.2. The monoisotopic (exact) mass is 343 g/mol. The number of carbonyl (C=O) groups is 3. The van der Waals surface area contributed by atoms with Crippen molar-refractivity contribution in [2.75, 3.05) is 26.8 Å². The van der Waals surface area contributed by atoms with Crippen molar-refractivity contribution in [2.45, 2.75) is 64.6 Å². The predicted molar refractivity (Wildman–Crippen MR) is 87.7 cm³/mol. The second-order valence-corrected chi connectivity index (χ2v) is 6.98. The van der Waals surface area contributed by atoms with E-state index in [4.69, 9.17) is 14.2 Å². The highest BCUT2D eigenvalue weighted by Crippen LogP contribution is 2.18. The Balaban J connectivity index is 2.09. The number of nitrogens with zero attached hydrogens (tertiary/aromatic N) is 1. The average Bonchev–Trinajstić information content (AvgIpc) is 2.47. The Kier molecular flexibility index (Phi) is 8.18. The van der Waals surface area contributed by atoms with Gasteiger partial charge in [0, 0.05) is 19.9 Å². The number of rotatable bonds is 7. The summed E-state index contributed by atoms with van der Waals surface area (Å²) in [6, 6.07) is 0. The lowest BCUT2D eigenvalue weighted by Crippen LogP contribution is -2.36. The van der Waals surface area contributed by atoms with Gasteiger partial charge in [0.15, 0.2) is 0 Å². The molecule has 0 aromatic carbocycles. The highest BCUT2D eigenvalue weighted by molar-refractivity contribution is 5.79. The maximum absolute atomic E-state index is 11.7. The highest BCUT2D eigenvalue weighted by atomic mass is 16.6. The van der Waals surface area contributed by atoms with Crippen LogP contribution in [0, 0.1) is 0 Å².